The molecule has 18 heavy (non-hydrogen) atoms. The van der Waals surface area contributed by atoms with Gasteiger partial charge in [0, 0.05) is 36.1 Å². The van der Waals surface area contributed by atoms with Crippen LogP contribution in [0.4, 0.5) is 0 Å². The summed E-state index contributed by atoms with van der Waals surface area (Å²) in [5.74, 6) is -0.265. The summed E-state index contributed by atoms with van der Waals surface area (Å²) >= 11 is 3.30. The van der Waals surface area contributed by atoms with Gasteiger partial charge in [-0.05, 0) is 18.2 Å². The van der Waals surface area contributed by atoms with E-state index in [0.717, 1.165) is 4.47 Å². The molecule has 1 aromatic rings. The van der Waals surface area contributed by atoms with Gasteiger partial charge in [-0.1, -0.05) is 22.0 Å². The van der Waals surface area contributed by atoms with Gasteiger partial charge in [-0.3, -0.25) is 9.59 Å². The van der Waals surface area contributed by atoms with Crippen LogP contribution in [0.5, 0.6) is 0 Å². The number of benzene rings is 1. The lowest BCUT2D eigenvalue weighted by atomic mass is 10.2. The molecule has 0 spiro atoms. The zero-order valence-corrected chi connectivity index (χ0v) is 11.5. The van der Waals surface area contributed by atoms with Crippen LogP contribution in [0.25, 0.3) is 0 Å². The van der Waals surface area contributed by atoms with Crippen LogP contribution in [0.15, 0.2) is 28.7 Å². The summed E-state index contributed by atoms with van der Waals surface area (Å²) in [4.78, 5) is 22.8. The Hall–Kier alpha value is -1.40. The van der Waals surface area contributed by atoms with Crippen molar-refractivity contribution in [2.24, 2.45) is 5.73 Å². The Morgan fingerprint density at radius 1 is 1.22 bits per heavy atom. The molecule has 0 aliphatic carbocycles. The van der Waals surface area contributed by atoms with E-state index in [0.29, 0.717) is 31.6 Å². The highest BCUT2D eigenvalue weighted by Crippen LogP contribution is 2.11. The van der Waals surface area contributed by atoms with E-state index >= 15 is 0 Å². The van der Waals surface area contributed by atoms with Crippen LogP contribution in [-0.2, 0) is 4.79 Å². The SMILES string of the molecule is NCCC(=O)NCCNC(=O)c1cccc(Br)c1. The molecule has 0 aromatic heterocycles. The molecule has 0 saturated heterocycles. The van der Waals surface area contributed by atoms with Gasteiger partial charge in [0.2, 0.25) is 5.91 Å². The molecule has 0 aliphatic rings. The third kappa shape index (κ3) is 5.29. The van der Waals surface area contributed by atoms with Crippen molar-refractivity contribution in [2.45, 2.75) is 6.42 Å². The molecule has 98 valence electrons. The van der Waals surface area contributed by atoms with Crippen molar-refractivity contribution >= 4 is 27.7 Å². The number of nitrogens with two attached hydrogens (primary N) is 1. The highest BCUT2D eigenvalue weighted by atomic mass is 79.9. The lowest BCUT2D eigenvalue weighted by molar-refractivity contribution is -0.120. The average molecular weight is 314 g/mol. The molecular formula is C12H16BrN3O2. The first kappa shape index (κ1) is 14.7. The quantitative estimate of drug-likeness (QED) is 0.674. The molecule has 1 aromatic carbocycles. The standard InChI is InChI=1S/C12H16BrN3O2/c13-10-3-1-2-9(8-10)12(18)16-7-6-15-11(17)4-5-14/h1-3,8H,4-7,14H2,(H,15,17)(H,16,18). The minimum atomic E-state index is -0.163. The first-order valence-corrected chi connectivity index (χ1v) is 6.43. The summed E-state index contributed by atoms with van der Waals surface area (Å²) in [6.07, 6.45) is 0.305. The Labute approximate surface area is 114 Å². The number of nitrogens with one attached hydrogen (secondary N) is 2. The smallest absolute Gasteiger partial charge is 0.251 e. The van der Waals surface area contributed by atoms with Crippen LogP contribution < -0.4 is 16.4 Å². The van der Waals surface area contributed by atoms with E-state index in [1.54, 1.807) is 18.2 Å². The summed E-state index contributed by atoms with van der Waals surface area (Å²) in [5, 5.41) is 5.38. The molecule has 4 N–H and O–H groups in total. The molecular weight excluding hydrogens is 298 g/mol. The maximum absolute atomic E-state index is 11.7. The van der Waals surface area contributed by atoms with Gasteiger partial charge in [0.1, 0.15) is 0 Å². The highest BCUT2D eigenvalue weighted by Gasteiger charge is 2.05. The molecule has 0 radical (unpaired) electrons. The maximum atomic E-state index is 11.7. The topological polar surface area (TPSA) is 84.2 Å². The van der Waals surface area contributed by atoms with E-state index in [1.807, 2.05) is 6.07 Å². The molecule has 0 saturated carbocycles. The molecule has 0 aliphatic heterocycles. The Kier molecular flexibility index (Phi) is 6.38. The van der Waals surface area contributed by atoms with Crippen molar-refractivity contribution in [3.05, 3.63) is 34.3 Å². The summed E-state index contributed by atoms with van der Waals surface area (Å²) < 4.78 is 0.853. The third-order valence-corrected chi connectivity index (χ3v) is 2.68. The molecule has 0 atom stereocenters. The van der Waals surface area contributed by atoms with Gasteiger partial charge in [0.05, 0.1) is 0 Å². The fourth-order valence-electron chi connectivity index (χ4n) is 1.33. The molecule has 1 rings (SSSR count). The average Bonchev–Trinajstić information content (AvgIpc) is 2.35. The number of carbonyl (C=O) groups excluding carboxylic acids is 2. The van der Waals surface area contributed by atoms with E-state index < -0.39 is 0 Å². The van der Waals surface area contributed by atoms with Gasteiger partial charge in [0.15, 0.2) is 0 Å². The minimum Gasteiger partial charge on any atom is -0.354 e. The maximum Gasteiger partial charge on any atom is 0.251 e. The predicted octanol–water partition coefficient (Wildman–Crippen LogP) is 0.644. The minimum absolute atomic E-state index is 0.103. The molecule has 0 fully saturated rings. The van der Waals surface area contributed by atoms with E-state index in [9.17, 15) is 9.59 Å². The van der Waals surface area contributed by atoms with Crippen molar-refractivity contribution in [1.29, 1.82) is 0 Å². The van der Waals surface area contributed by atoms with Crippen molar-refractivity contribution in [3.8, 4) is 0 Å². The number of hydrogen-bond acceptors (Lipinski definition) is 3. The van der Waals surface area contributed by atoms with Crippen LogP contribution in [0.1, 0.15) is 16.8 Å². The Balaban J connectivity index is 2.27. The number of carbonyl (C=O) groups is 2. The first-order valence-electron chi connectivity index (χ1n) is 5.64. The van der Waals surface area contributed by atoms with E-state index in [2.05, 4.69) is 26.6 Å². The highest BCUT2D eigenvalue weighted by molar-refractivity contribution is 9.10. The number of halogens is 1. The van der Waals surface area contributed by atoms with Crippen LogP contribution in [0, 0.1) is 0 Å². The van der Waals surface area contributed by atoms with Gasteiger partial charge in [-0.2, -0.15) is 0 Å². The molecule has 0 bridgehead atoms. The van der Waals surface area contributed by atoms with E-state index in [-0.39, 0.29) is 11.8 Å². The van der Waals surface area contributed by atoms with Crippen molar-refractivity contribution in [3.63, 3.8) is 0 Å². The Morgan fingerprint density at radius 3 is 2.61 bits per heavy atom. The lowest BCUT2D eigenvalue weighted by Gasteiger charge is -2.07. The summed E-state index contributed by atoms with van der Waals surface area (Å²) in [6, 6.07) is 7.11. The first-order chi connectivity index (χ1) is 8.63. The molecule has 0 heterocycles. The molecule has 2 amide bonds. The van der Waals surface area contributed by atoms with Crippen LogP contribution >= 0.6 is 15.9 Å². The molecule has 0 unspecified atom stereocenters. The fraction of sp³-hybridized carbons (Fsp3) is 0.333. The normalized spacial score (nSPS) is 9.89. The second kappa shape index (κ2) is 7.84. The zero-order valence-electron chi connectivity index (χ0n) is 9.91. The molecule has 6 heteroatoms. The van der Waals surface area contributed by atoms with Gasteiger partial charge >= 0.3 is 0 Å². The van der Waals surface area contributed by atoms with Crippen LogP contribution in [0.3, 0.4) is 0 Å². The summed E-state index contributed by atoms with van der Waals surface area (Å²) in [6.45, 7) is 1.12. The van der Waals surface area contributed by atoms with E-state index in [4.69, 9.17) is 5.73 Å². The second-order valence-electron chi connectivity index (χ2n) is 3.65. The van der Waals surface area contributed by atoms with Gasteiger partial charge < -0.3 is 16.4 Å². The largest absolute Gasteiger partial charge is 0.354 e. The van der Waals surface area contributed by atoms with Crippen molar-refractivity contribution < 1.29 is 9.59 Å². The zero-order chi connectivity index (χ0) is 13.4. The molecule has 5 nitrogen and oxygen atoms in total. The van der Waals surface area contributed by atoms with Crippen molar-refractivity contribution in [2.75, 3.05) is 19.6 Å². The Morgan fingerprint density at radius 2 is 1.94 bits per heavy atom. The summed E-state index contributed by atoms with van der Waals surface area (Å²) in [5.41, 5.74) is 5.82. The summed E-state index contributed by atoms with van der Waals surface area (Å²) in [7, 11) is 0. The van der Waals surface area contributed by atoms with Crippen molar-refractivity contribution in [1.82, 2.24) is 10.6 Å². The number of rotatable bonds is 6. The van der Waals surface area contributed by atoms with Gasteiger partial charge in [-0.15, -0.1) is 0 Å². The lowest BCUT2D eigenvalue weighted by Crippen LogP contribution is -2.35. The van der Waals surface area contributed by atoms with Gasteiger partial charge in [0.25, 0.3) is 5.91 Å². The van der Waals surface area contributed by atoms with Crippen LogP contribution in [-0.4, -0.2) is 31.4 Å². The van der Waals surface area contributed by atoms with Crippen LogP contribution in [0.2, 0.25) is 0 Å². The monoisotopic (exact) mass is 313 g/mol. The number of amides is 2. The third-order valence-electron chi connectivity index (χ3n) is 2.19. The van der Waals surface area contributed by atoms with Gasteiger partial charge in [-0.25, -0.2) is 0 Å². The fourth-order valence-corrected chi connectivity index (χ4v) is 1.73. The number of hydrogen-bond donors (Lipinski definition) is 3. The Bertz CT molecular complexity index is 424. The second-order valence-corrected chi connectivity index (χ2v) is 4.57. The predicted molar refractivity (Wildman–Crippen MR) is 73.2 cm³/mol. The van der Waals surface area contributed by atoms with E-state index in [1.165, 1.54) is 0 Å².